The Hall–Kier alpha value is -2.48. The van der Waals surface area contributed by atoms with Crippen LogP contribution >= 0.6 is 0 Å². The number of fused-ring (bicyclic) bond motifs is 3. The van der Waals surface area contributed by atoms with E-state index in [0.717, 1.165) is 19.3 Å². The molecule has 5 atom stereocenters. The van der Waals surface area contributed by atoms with Crippen molar-refractivity contribution in [2.45, 2.75) is 81.6 Å². The highest BCUT2D eigenvalue weighted by Gasteiger charge is 2.45. The van der Waals surface area contributed by atoms with Crippen molar-refractivity contribution in [1.29, 1.82) is 0 Å². The van der Waals surface area contributed by atoms with Crippen LogP contribution in [0, 0.1) is 12.3 Å². The van der Waals surface area contributed by atoms with E-state index < -0.39 is 21.7 Å². The number of nitrogens with zero attached hydrogens (tertiary/aromatic N) is 4. The van der Waals surface area contributed by atoms with Crippen molar-refractivity contribution in [1.82, 2.24) is 18.8 Å². The van der Waals surface area contributed by atoms with Crippen LogP contribution in [-0.2, 0) is 10.0 Å². The Kier molecular flexibility index (Phi) is 5.27. The zero-order valence-electron chi connectivity index (χ0n) is 18.9. The molecular weight excluding hydrogens is 442 g/mol. The molecule has 10 heteroatoms. The fourth-order valence-electron chi connectivity index (χ4n) is 6.10. The Morgan fingerprint density at radius 1 is 1.27 bits per heavy atom. The molecule has 2 aromatic rings. The van der Waals surface area contributed by atoms with Crippen LogP contribution < -0.4 is 10.9 Å². The van der Waals surface area contributed by atoms with Crippen LogP contribution in [-0.4, -0.2) is 62.3 Å². The van der Waals surface area contributed by atoms with Gasteiger partial charge in [-0.1, -0.05) is 5.92 Å². The van der Waals surface area contributed by atoms with Gasteiger partial charge in [-0.15, -0.1) is 6.42 Å². The highest BCUT2D eigenvalue weighted by atomic mass is 32.2. The highest BCUT2D eigenvalue weighted by molar-refractivity contribution is 7.88. The van der Waals surface area contributed by atoms with E-state index in [9.17, 15) is 18.3 Å². The van der Waals surface area contributed by atoms with Crippen LogP contribution in [0.2, 0.25) is 0 Å². The second kappa shape index (κ2) is 7.79. The summed E-state index contributed by atoms with van der Waals surface area (Å²) >= 11 is 0. The number of aromatic nitrogens is 3. The number of terminal acetylenes is 1. The molecule has 3 fully saturated rings. The Morgan fingerprint density at radius 3 is 2.55 bits per heavy atom. The summed E-state index contributed by atoms with van der Waals surface area (Å²) in [5.74, 6) is 2.84. The van der Waals surface area contributed by atoms with E-state index in [4.69, 9.17) is 6.42 Å². The lowest BCUT2D eigenvalue weighted by Gasteiger charge is -2.37. The van der Waals surface area contributed by atoms with Gasteiger partial charge in [0.15, 0.2) is 0 Å². The van der Waals surface area contributed by atoms with Gasteiger partial charge in [-0.2, -0.15) is 9.29 Å². The molecule has 0 spiro atoms. The minimum Gasteiger partial charge on any atom is -0.388 e. The van der Waals surface area contributed by atoms with Crippen LogP contribution in [0.5, 0.6) is 0 Å². The minimum absolute atomic E-state index is 0.0124. The van der Waals surface area contributed by atoms with Gasteiger partial charge >= 0.3 is 0 Å². The molecule has 176 valence electrons. The zero-order valence-corrected chi connectivity index (χ0v) is 19.7. The molecule has 33 heavy (non-hydrogen) atoms. The zero-order chi connectivity index (χ0) is 23.5. The van der Waals surface area contributed by atoms with Crippen molar-refractivity contribution in [3.63, 3.8) is 0 Å². The van der Waals surface area contributed by atoms with Gasteiger partial charge in [-0.05, 0) is 57.9 Å². The molecular formula is C23H29N5O4S. The van der Waals surface area contributed by atoms with E-state index in [-0.39, 0.29) is 29.2 Å². The summed E-state index contributed by atoms with van der Waals surface area (Å²) in [6, 6.07) is 1.21. The fraction of sp³-hybridized carbons (Fsp3) is 0.609. The average molecular weight is 472 g/mol. The topological polar surface area (TPSA) is 117 Å². The molecule has 2 N–H and O–H groups in total. The quantitative estimate of drug-likeness (QED) is 0.651. The van der Waals surface area contributed by atoms with Gasteiger partial charge in [0.05, 0.1) is 23.5 Å². The lowest BCUT2D eigenvalue weighted by molar-refractivity contribution is 0.0266. The molecule has 2 bridgehead atoms. The van der Waals surface area contributed by atoms with E-state index in [1.807, 2.05) is 0 Å². The summed E-state index contributed by atoms with van der Waals surface area (Å²) in [6.07, 6.45) is 13.7. The molecule has 2 aliphatic heterocycles. The van der Waals surface area contributed by atoms with Crippen molar-refractivity contribution >= 4 is 27.0 Å². The summed E-state index contributed by atoms with van der Waals surface area (Å²) < 4.78 is 27.5. The smallest absolute Gasteiger partial charge is 0.268 e. The predicted octanol–water partition coefficient (Wildman–Crippen LogP) is 1.62. The molecule has 0 radical (unpaired) electrons. The van der Waals surface area contributed by atoms with E-state index in [1.54, 1.807) is 28.1 Å². The Morgan fingerprint density at radius 2 is 1.97 bits per heavy atom. The van der Waals surface area contributed by atoms with Crippen molar-refractivity contribution in [3.05, 3.63) is 28.2 Å². The van der Waals surface area contributed by atoms with Gasteiger partial charge in [-0.3, -0.25) is 9.36 Å². The number of hydrogen-bond donors (Lipinski definition) is 2. The number of aliphatic hydroxyl groups is 1. The lowest BCUT2D eigenvalue weighted by Crippen LogP contribution is -2.49. The lowest BCUT2D eigenvalue weighted by atomic mass is 9.99. The summed E-state index contributed by atoms with van der Waals surface area (Å²) in [4.78, 5) is 22.3. The van der Waals surface area contributed by atoms with Crippen LogP contribution in [0.25, 0.3) is 11.0 Å². The monoisotopic (exact) mass is 471 g/mol. The van der Waals surface area contributed by atoms with Crippen LogP contribution in [0.4, 0.5) is 5.95 Å². The van der Waals surface area contributed by atoms with E-state index >= 15 is 0 Å². The second-order valence-corrected chi connectivity index (χ2v) is 11.8. The normalized spacial score (nSPS) is 32.2. The number of sulfonamides is 1. The summed E-state index contributed by atoms with van der Waals surface area (Å²) in [5, 5.41) is 14.9. The largest absolute Gasteiger partial charge is 0.388 e. The molecule has 2 saturated heterocycles. The van der Waals surface area contributed by atoms with Gasteiger partial charge in [0.25, 0.3) is 5.56 Å². The summed E-state index contributed by atoms with van der Waals surface area (Å²) in [6.45, 7) is 1.75. The number of nitrogens with one attached hydrogen (secondary N) is 1. The van der Waals surface area contributed by atoms with Crippen LogP contribution in [0.1, 0.15) is 63.5 Å². The number of hydrogen-bond acceptors (Lipinski definition) is 7. The molecule has 3 aliphatic rings. The summed E-state index contributed by atoms with van der Waals surface area (Å²) in [5.41, 5.74) is -0.694. The maximum Gasteiger partial charge on any atom is 0.268 e. The third-order valence-electron chi connectivity index (χ3n) is 7.50. The minimum atomic E-state index is -3.23. The van der Waals surface area contributed by atoms with E-state index in [2.05, 4.69) is 21.2 Å². The van der Waals surface area contributed by atoms with Gasteiger partial charge < -0.3 is 10.4 Å². The first-order valence-electron chi connectivity index (χ1n) is 11.4. The predicted molar refractivity (Wildman–Crippen MR) is 125 cm³/mol. The highest BCUT2D eigenvalue weighted by Crippen LogP contribution is 2.40. The number of anilines is 1. The van der Waals surface area contributed by atoms with Crippen molar-refractivity contribution in [3.8, 4) is 12.3 Å². The van der Waals surface area contributed by atoms with Crippen molar-refractivity contribution in [2.24, 2.45) is 0 Å². The van der Waals surface area contributed by atoms with Gasteiger partial charge in [0.1, 0.15) is 5.65 Å². The SMILES string of the molecule is C#Cc1cc2cnc(NC3C[C@H]4CC[C@@H](C3)N4S(C)(=O)=O)nc2n([C@@H]2CCC[C@@]2(C)O)c1=O. The molecule has 4 heterocycles. The molecule has 2 aromatic heterocycles. The maximum atomic E-state index is 13.2. The third kappa shape index (κ3) is 3.82. The average Bonchev–Trinajstić information content (AvgIpc) is 3.23. The third-order valence-corrected chi connectivity index (χ3v) is 8.86. The van der Waals surface area contributed by atoms with Crippen molar-refractivity contribution in [2.75, 3.05) is 11.6 Å². The molecule has 1 saturated carbocycles. The van der Waals surface area contributed by atoms with Gasteiger partial charge in [0.2, 0.25) is 16.0 Å². The van der Waals surface area contributed by atoms with Crippen molar-refractivity contribution < 1.29 is 13.5 Å². The standard InChI is InChI=1S/C23H29N5O4S/c1-4-14-10-15-13-24-22(25-16-11-17-7-8-18(12-16)28(17)33(3,31)32)26-20(15)27(21(14)29)19-6-5-9-23(19,2)30/h1,10,13,16-19,30H,5-9,11-12H2,2-3H3,(H,24,25,26)/t16?,17-,18+,19-,23-/m1/s1. The molecule has 1 unspecified atom stereocenters. The van der Waals surface area contributed by atoms with Gasteiger partial charge in [0, 0.05) is 29.7 Å². The number of piperidine rings is 1. The molecule has 0 aromatic carbocycles. The maximum absolute atomic E-state index is 13.2. The van der Waals surface area contributed by atoms with Gasteiger partial charge in [-0.25, -0.2) is 13.4 Å². The van der Waals surface area contributed by atoms with Crippen LogP contribution in [0.3, 0.4) is 0 Å². The Balaban J connectivity index is 1.50. The molecule has 9 nitrogen and oxygen atoms in total. The fourth-order valence-corrected chi connectivity index (χ4v) is 7.56. The molecule has 1 aliphatic carbocycles. The first-order valence-corrected chi connectivity index (χ1v) is 13.3. The summed E-state index contributed by atoms with van der Waals surface area (Å²) in [7, 11) is -3.23. The molecule has 0 amide bonds. The van der Waals surface area contributed by atoms with E-state index in [0.29, 0.717) is 42.7 Å². The Labute approximate surface area is 193 Å². The molecule has 5 rings (SSSR count). The van der Waals surface area contributed by atoms with E-state index in [1.165, 1.54) is 6.26 Å². The number of pyridine rings is 1. The van der Waals surface area contributed by atoms with Crippen LogP contribution in [0.15, 0.2) is 17.1 Å². The first kappa shape index (κ1) is 22.3. The first-order chi connectivity index (χ1) is 15.6. The Bertz CT molecular complexity index is 1300. The second-order valence-electron chi connectivity index (χ2n) is 9.91. The number of rotatable bonds is 4.